The molecule has 1 fully saturated rings. The molecule has 172 valence electrons. The molecule has 0 bridgehead atoms. The number of hydrogen-bond donors (Lipinski definition) is 1. The first-order valence-corrected chi connectivity index (χ1v) is 13.0. The number of aryl methyl sites for hydroxylation is 2. The van der Waals surface area contributed by atoms with Crippen LogP contribution in [-0.2, 0) is 13.0 Å². The monoisotopic (exact) mass is 459 g/mol. The fourth-order valence-electron chi connectivity index (χ4n) is 5.34. The van der Waals surface area contributed by atoms with Gasteiger partial charge in [0.1, 0.15) is 0 Å². The van der Waals surface area contributed by atoms with Crippen molar-refractivity contribution >= 4 is 17.4 Å². The van der Waals surface area contributed by atoms with E-state index in [4.69, 9.17) is 0 Å². The quantitative estimate of drug-likeness (QED) is 0.538. The highest BCUT2D eigenvalue weighted by molar-refractivity contribution is 7.10. The van der Waals surface area contributed by atoms with Crippen molar-refractivity contribution in [1.29, 1.82) is 0 Å². The largest absolute Gasteiger partial charge is 0.338 e. The minimum absolute atomic E-state index is 0.0587. The van der Waals surface area contributed by atoms with Crippen LogP contribution in [0, 0.1) is 6.92 Å². The molecule has 0 spiro atoms. The predicted molar refractivity (Wildman–Crippen MR) is 136 cm³/mol. The van der Waals surface area contributed by atoms with Crippen LogP contribution in [-0.4, -0.2) is 41.5 Å². The van der Waals surface area contributed by atoms with Crippen LogP contribution in [0.2, 0.25) is 0 Å². The summed E-state index contributed by atoms with van der Waals surface area (Å²) in [6.45, 7) is 5.99. The van der Waals surface area contributed by atoms with E-state index >= 15 is 0 Å². The van der Waals surface area contributed by atoms with Gasteiger partial charge in [-0.15, -0.1) is 11.3 Å². The molecule has 1 atom stereocenters. The zero-order valence-electron chi connectivity index (χ0n) is 19.4. The number of carbonyl (C=O) groups excluding carboxylic acids is 1. The van der Waals surface area contributed by atoms with Crippen LogP contribution in [0.25, 0.3) is 0 Å². The molecule has 2 amide bonds. The van der Waals surface area contributed by atoms with E-state index in [1.165, 1.54) is 27.1 Å². The number of urea groups is 1. The van der Waals surface area contributed by atoms with Gasteiger partial charge in [-0.3, -0.25) is 4.90 Å². The molecule has 5 rings (SSSR count). The summed E-state index contributed by atoms with van der Waals surface area (Å²) < 4.78 is 0. The van der Waals surface area contributed by atoms with Gasteiger partial charge in [-0.25, -0.2) is 4.79 Å². The fraction of sp³-hybridized carbons (Fsp3) is 0.393. The molecule has 1 unspecified atom stereocenters. The van der Waals surface area contributed by atoms with Crippen molar-refractivity contribution in [1.82, 2.24) is 15.1 Å². The van der Waals surface area contributed by atoms with Crippen LogP contribution in [0.4, 0.5) is 4.79 Å². The van der Waals surface area contributed by atoms with E-state index in [1.807, 2.05) is 11.3 Å². The van der Waals surface area contributed by atoms with E-state index in [9.17, 15) is 4.79 Å². The summed E-state index contributed by atoms with van der Waals surface area (Å²) >= 11 is 1.85. The Morgan fingerprint density at radius 3 is 2.52 bits per heavy atom. The normalized spacial score (nSPS) is 20.5. The molecule has 1 aromatic heterocycles. The maximum atomic E-state index is 13.6. The molecule has 1 saturated heterocycles. The summed E-state index contributed by atoms with van der Waals surface area (Å²) in [5, 5.41) is 5.42. The number of thiophene rings is 1. The fourth-order valence-corrected chi connectivity index (χ4v) is 6.29. The molecular weight excluding hydrogens is 426 g/mol. The van der Waals surface area contributed by atoms with Crippen molar-refractivity contribution in [3.63, 3.8) is 0 Å². The summed E-state index contributed by atoms with van der Waals surface area (Å²) in [4.78, 5) is 19.8. The first-order valence-electron chi connectivity index (χ1n) is 12.1. The number of nitrogens with one attached hydrogen (secondary N) is 1. The third-order valence-electron chi connectivity index (χ3n) is 7.16. The zero-order chi connectivity index (χ0) is 22.6. The molecule has 2 aromatic carbocycles. The molecule has 0 saturated carbocycles. The van der Waals surface area contributed by atoms with Gasteiger partial charge in [-0.2, -0.15) is 0 Å². The Morgan fingerprint density at radius 2 is 1.76 bits per heavy atom. The highest BCUT2D eigenvalue weighted by atomic mass is 32.1. The SMILES string of the molecule is Cc1ccsc1CN1CCC(N2C(=O)NCCCc3ccccc3C2c2ccccc2)CC1. The first kappa shape index (κ1) is 22.2. The van der Waals surface area contributed by atoms with Gasteiger partial charge in [0.05, 0.1) is 6.04 Å². The van der Waals surface area contributed by atoms with Crippen molar-refractivity contribution in [2.24, 2.45) is 0 Å². The Kier molecular flexibility index (Phi) is 6.79. The summed E-state index contributed by atoms with van der Waals surface area (Å²) in [5.74, 6) is 0. The number of fused-ring (bicyclic) bond motifs is 1. The van der Waals surface area contributed by atoms with Gasteiger partial charge in [0.25, 0.3) is 0 Å². The lowest BCUT2D eigenvalue weighted by atomic mass is 9.89. The van der Waals surface area contributed by atoms with Gasteiger partial charge in [0, 0.05) is 37.1 Å². The zero-order valence-corrected chi connectivity index (χ0v) is 20.2. The minimum Gasteiger partial charge on any atom is -0.338 e. The number of carbonyl (C=O) groups is 1. The van der Waals surface area contributed by atoms with Crippen molar-refractivity contribution in [2.75, 3.05) is 19.6 Å². The molecule has 0 radical (unpaired) electrons. The van der Waals surface area contributed by atoms with Crippen LogP contribution in [0.15, 0.2) is 66.0 Å². The summed E-state index contributed by atoms with van der Waals surface area (Å²) in [6, 6.07) is 21.8. The van der Waals surface area contributed by atoms with E-state index in [-0.39, 0.29) is 18.1 Å². The van der Waals surface area contributed by atoms with E-state index in [0.29, 0.717) is 0 Å². The number of nitrogens with zero attached hydrogens (tertiary/aromatic N) is 2. The Labute approximate surface area is 201 Å². The van der Waals surface area contributed by atoms with Crippen molar-refractivity contribution in [3.05, 3.63) is 93.2 Å². The lowest BCUT2D eigenvalue weighted by molar-refractivity contribution is 0.102. The third kappa shape index (κ3) is 4.85. The lowest BCUT2D eigenvalue weighted by Crippen LogP contribution is -2.52. The minimum atomic E-state index is -0.0587. The van der Waals surface area contributed by atoms with Crippen LogP contribution in [0.5, 0.6) is 0 Å². The van der Waals surface area contributed by atoms with E-state index in [2.05, 4.69) is 88.1 Å². The predicted octanol–water partition coefficient (Wildman–Crippen LogP) is 5.77. The smallest absolute Gasteiger partial charge is 0.318 e. The van der Waals surface area contributed by atoms with Gasteiger partial charge < -0.3 is 10.2 Å². The molecule has 2 aliphatic rings. The number of benzene rings is 2. The maximum Gasteiger partial charge on any atom is 0.318 e. The molecule has 0 aliphatic carbocycles. The molecule has 3 aromatic rings. The molecule has 4 nitrogen and oxygen atoms in total. The second-order valence-corrected chi connectivity index (χ2v) is 10.3. The van der Waals surface area contributed by atoms with Crippen molar-refractivity contribution < 1.29 is 4.79 Å². The number of amides is 2. The topological polar surface area (TPSA) is 35.6 Å². The average Bonchev–Trinajstić information content (AvgIpc) is 3.28. The Balaban J connectivity index is 1.45. The van der Waals surface area contributed by atoms with E-state index in [1.54, 1.807) is 0 Å². The second kappa shape index (κ2) is 10.1. The molecule has 5 heteroatoms. The summed E-state index contributed by atoms with van der Waals surface area (Å²) in [6.07, 6.45) is 3.97. The number of piperidine rings is 1. The van der Waals surface area contributed by atoms with Crippen LogP contribution >= 0.6 is 11.3 Å². The van der Waals surface area contributed by atoms with Gasteiger partial charge in [-0.1, -0.05) is 54.6 Å². The summed E-state index contributed by atoms with van der Waals surface area (Å²) in [5.41, 5.74) is 5.22. The van der Waals surface area contributed by atoms with Gasteiger partial charge in [0.15, 0.2) is 0 Å². The summed E-state index contributed by atoms with van der Waals surface area (Å²) in [7, 11) is 0. The van der Waals surface area contributed by atoms with Crippen LogP contribution in [0.3, 0.4) is 0 Å². The first-order chi connectivity index (χ1) is 16.2. The van der Waals surface area contributed by atoms with Gasteiger partial charge in [0.2, 0.25) is 0 Å². The van der Waals surface area contributed by atoms with Gasteiger partial charge >= 0.3 is 6.03 Å². The Morgan fingerprint density at radius 1 is 1.00 bits per heavy atom. The molecule has 33 heavy (non-hydrogen) atoms. The van der Waals surface area contributed by atoms with Gasteiger partial charge in [-0.05, 0) is 66.3 Å². The molecule has 2 aliphatic heterocycles. The average molecular weight is 460 g/mol. The lowest BCUT2D eigenvalue weighted by Gasteiger charge is -2.43. The Bertz CT molecular complexity index is 1070. The molecular formula is C28H33N3OS. The molecule has 3 heterocycles. The highest BCUT2D eigenvalue weighted by Gasteiger charge is 2.36. The van der Waals surface area contributed by atoms with Crippen molar-refractivity contribution in [2.45, 2.75) is 51.2 Å². The van der Waals surface area contributed by atoms with Crippen LogP contribution < -0.4 is 5.32 Å². The third-order valence-corrected chi connectivity index (χ3v) is 8.17. The molecule has 1 N–H and O–H groups in total. The Hall–Kier alpha value is -2.63. The van der Waals surface area contributed by atoms with Crippen LogP contribution in [0.1, 0.15) is 52.4 Å². The standard InChI is InChI=1S/C28H33N3OS/c1-21-15-19-33-26(21)20-30-17-13-24(14-18-30)31-27(23-9-3-2-4-10-23)25-12-6-5-8-22(25)11-7-16-29-28(31)32/h2-6,8-10,12,15,19,24,27H,7,11,13-14,16-18,20H2,1H3,(H,29,32). The van der Waals surface area contributed by atoms with E-state index < -0.39 is 0 Å². The second-order valence-electron chi connectivity index (χ2n) is 9.29. The highest BCUT2D eigenvalue weighted by Crippen LogP contribution is 2.36. The number of likely N-dealkylation sites (tertiary alicyclic amines) is 1. The maximum absolute atomic E-state index is 13.6. The van der Waals surface area contributed by atoms with Crippen molar-refractivity contribution in [3.8, 4) is 0 Å². The number of hydrogen-bond acceptors (Lipinski definition) is 3. The number of rotatable bonds is 4. The van der Waals surface area contributed by atoms with E-state index in [0.717, 1.165) is 51.9 Å².